The van der Waals surface area contributed by atoms with Gasteiger partial charge in [-0.15, -0.1) is 0 Å². The number of halogens is 2. The van der Waals surface area contributed by atoms with Gasteiger partial charge < -0.3 is 10.6 Å². The predicted molar refractivity (Wildman–Crippen MR) is 71.8 cm³/mol. The zero-order valence-corrected chi connectivity index (χ0v) is 11.8. The van der Waals surface area contributed by atoms with Gasteiger partial charge >= 0.3 is 0 Å². The van der Waals surface area contributed by atoms with Crippen LogP contribution in [0.3, 0.4) is 0 Å². The molecule has 0 saturated carbocycles. The number of carbonyl (C=O) groups excluding carboxylic acids is 1. The summed E-state index contributed by atoms with van der Waals surface area (Å²) in [6.07, 6.45) is 0.919. The topological polar surface area (TPSA) is 46.3 Å². The quantitative estimate of drug-likeness (QED) is 0.911. The number of hydrogen-bond acceptors (Lipinski definition) is 2. The molecule has 0 spiro atoms. The van der Waals surface area contributed by atoms with Crippen molar-refractivity contribution in [3.8, 4) is 0 Å². The first-order chi connectivity index (χ1) is 8.49. The van der Waals surface area contributed by atoms with Crippen molar-refractivity contribution in [3.63, 3.8) is 0 Å². The van der Waals surface area contributed by atoms with Gasteiger partial charge in [0.2, 0.25) is 0 Å². The first-order valence-electron chi connectivity index (χ1n) is 5.99. The molecule has 2 atom stereocenters. The summed E-state index contributed by atoms with van der Waals surface area (Å²) in [5.74, 6) is -0.192. The van der Waals surface area contributed by atoms with E-state index in [0.29, 0.717) is 29.0 Å². The number of likely N-dealkylation sites (tertiary alicyclic amines) is 1. The van der Waals surface area contributed by atoms with Crippen molar-refractivity contribution in [2.75, 3.05) is 13.1 Å². The molecule has 5 heteroatoms. The van der Waals surface area contributed by atoms with E-state index in [2.05, 4.69) is 15.9 Å². The van der Waals surface area contributed by atoms with Gasteiger partial charge in [-0.05, 0) is 53.4 Å². The molecule has 0 bridgehead atoms. The van der Waals surface area contributed by atoms with Crippen LogP contribution in [0.1, 0.15) is 23.7 Å². The lowest BCUT2D eigenvalue weighted by Gasteiger charge is -2.18. The number of hydrogen-bond donors (Lipinski definition) is 1. The van der Waals surface area contributed by atoms with Crippen LogP contribution in [-0.4, -0.2) is 29.9 Å². The third kappa shape index (κ3) is 2.72. The van der Waals surface area contributed by atoms with E-state index in [1.54, 1.807) is 17.0 Å². The number of benzene rings is 1. The van der Waals surface area contributed by atoms with Gasteiger partial charge in [0.15, 0.2) is 0 Å². The van der Waals surface area contributed by atoms with Crippen LogP contribution in [0.25, 0.3) is 0 Å². The molecule has 1 amide bonds. The average Bonchev–Trinajstić information content (AvgIpc) is 2.81. The Kier molecular flexibility index (Phi) is 4.02. The highest BCUT2D eigenvalue weighted by Gasteiger charge is 2.29. The standard InChI is InChI=1S/C13H16BrFN2O/c1-8(16)10-4-5-17(7-10)13(18)9-2-3-11(14)12(15)6-9/h2-3,6,8,10H,4-5,7,16H2,1H3. The molecule has 1 saturated heterocycles. The van der Waals surface area contributed by atoms with Gasteiger partial charge in [-0.25, -0.2) is 4.39 Å². The van der Waals surface area contributed by atoms with Crippen LogP contribution in [0.2, 0.25) is 0 Å². The first kappa shape index (κ1) is 13.5. The summed E-state index contributed by atoms with van der Waals surface area (Å²) in [6, 6.07) is 4.55. The van der Waals surface area contributed by atoms with Crippen molar-refractivity contribution in [2.24, 2.45) is 11.7 Å². The van der Waals surface area contributed by atoms with Crippen LogP contribution >= 0.6 is 15.9 Å². The second-order valence-electron chi connectivity index (χ2n) is 4.79. The van der Waals surface area contributed by atoms with Gasteiger partial charge in [0.25, 0.3) is 5.91 Å². The highest BCUT2D eigenvalue weighted by molar-refractivity contribution is 9.10. The van der Waals surface area contributed by atoms with Crippen LogP contribution in [0.5, 0.6) is 0 Å². The van der Waals surface area contributed by atoms with E-state index in [0.717, 1.165) is 6.42 Å². The Labute approximate surface area is 114 Å². The van der Waals surface area contributed by atoms with Crippen molar-refractivity contribution < 1.29 is 9.18 Å². The fraction of sp³-hybridized carbons (Fsp3) is 0.462. The number of nitrogens with two attached hydrogens (primary N) is 1. The number of amides is 1. The molecule has 98 valence electrons. The molecule has 2 rings (SSSR count). The molecule has 18 heavy (non-hydrogen) atoms. The van der Waals surface area contributed by atoms with Crippen LogP contribution in [-0.2, 0) is 0 Å². The zero-order chi connectivity index (χ0) is 13.3. The van der Waals surface area contributed by atoms with E-state index in [9.17, 15) is 9.18 Å². The second kappa shape index (κ2) is 5.36. The third-order valence-electron chi connectivity index (χ3n) is 3.42. The third-order valence-corrected chi connectivity index (χ3v) is 4.07. The minimum atomic E-state index is -0.413. The van der Waals surface area contributed by atoms with Gasteiger partial charge in [-0.3, -0.25) is 4.79 Å². The first-order valence-corrected chi connectivity index (χ1v) is 6.78. The highest BCUT2D eigenvalue weighted by atomic mass is 79.9. The van der Waals surface area contributed by atoms with Crippen LogP contribution in [0.4, 0.5) is 4.39 Å². The predicted octanol–water partition coefficient (Wildman–Crippen LogP) is 2.40. The largest absolute Gasteiger partial charge is 0.338 e. The number of nitrogens with zero attached hydrogens (tertiary/aromatic N) is 1. The summed E-state index contributed by atoms with van der Waals surface area (Å²) >= 11 is 3.07. The van der Waals surface area contributed by atoms with Gasteiger partial charge in [0.05, 0.1) is 4.47 Å². The smallest absolute Gasteiger partial charge is 0.253 e. The molecule has 2 unspecified atom stereocenters. The maximum atomic E-state index is 13.4. The SMILES string of the molecule is CC(N)C1CCN(C(=O)c2ccc(Br)c(F)c2)C1. The van der Waals surface area contributed by atoms with E-state index in [4.69, 9.17) is 5.73 Å². The number of rotatable bonds is 2. The van der Waals surface area contributed by atoms with Gasteiger partial charge in [-0.2, -0.15) is 0 Å². The van der Waals surface area contributed by atoms with Crippen LogP contribution in [0, 0.1) is 11.7 Å². The lowest BCUT2D eigenvalue weighted by atomic mass is 10.0. The van der Waals surface area contributed by atoms with E-state index >= 15 is 0 Å². The summed E-state index contributed by atoms with van der Waals surface area (Å²) in [5.41, 5.74) is 6.23. The summed E-state index contributed by atoms with van der Waals surface area (Å²) in [5, 5.41) is 0. The molecule has 1 aliphatic rings. The van der Waals surface area contributed by atoms with Gasteiger partial charge in [-0.1, -0.05) is 0 Å². The lowest BCUT2D eigenvalue weighted by Crippen LogP contribution is -2.33. The van der Waals surface area contributed by atoms with Crippen molar-refractivity contribution in [1.82, 2.24) is 4.90 Å². The number of carbonyl (C=O) groups is 1. The molecule has 1 aromatic rings. The summed E-state index contributed by atoms with van der Waals surface area (Å²) in [6.45, 7) is 3.31. The fourth-order valence-corrected chi connectivity index (χ4v) is 2.46. The van der Waals surface area contributed by atoms with E-state index in [1.807, 2.05) is 6.92 Å². The summed E-state index contributed by atoms with van der Waals surface area (Å²) in [7, 11) is 0. The molecule has 1 fully saturated rings. The molecule has 1 aromatic carbocycles. The van der Waals surface area contributed by atoms with Crippen molar-refractivity contribution in [2.45, 2.75) is 19.4 Å². The Hall–Kier alpha value is -0.940. The minimum Gasteiger partial charge on any atom is -0.338 e. The fourth-order valence-electron chi connectivity index (χ4n) is 2.21. The van der Waals surface area contributed by atoms with E-state index < -0.39 is 5.82 Å². The Bertz CT molecular complexity index is 464. The molecule has 3 nitrogen and oxygen atoms in total. The summed E-state index contributed by atoms with van der Waals surface area (Å²) in [4.78, 5) is 13.9. The maximum absolute atomic E-state index is 13.4. The van der Waals surface area contributed by atoms with E-state index in [1.165, 1.54) is 6.07 Å². The van der Waals surface area contributed by atoms with Crippen molar-refractivity contribution >= 4 is 21.8 Å². The Balaban J connectivity index is 2.10. The average molecular weight is 315 g/mol. The lowest BCUT2D eigenvalue weighted by molar-refractivity contribution is 0.0785. The Morgan fingerprint density at radius 1 is 1.61 bits per heavy atom. The van der Waals surface area contributed by atoms with Gasteiger partial charge in [0, 0.05) is 24.7 Å². The monoisotopic (exact) mass is 314 g/mol. The van der Waals surface area contributed by atoms with Crippen LogP contribution in [0.15, 0.2) is 22.7 Å². The van der Waals surface area contributed by atoms with Crippen molar-refractivity contribution in [3.05, 3.63) is 34.1 Å². The molecule has 1 aliphatic heterocycles. The maximum Gasteiger partial charge on any atom is 0.253 e. The molecular formula is C13H16BrFN2O. The molecule has 0 aliphatic carbocycles. The molecular weight excluding hydrogens is 299 g/mol. The normalized spacial score (nSPS) is 21.1. The van der Waals surface area contributed by atoms with Crippen LogP contribution < -0.4 is 5.73 Å². The molecule has 0 aromatic heterocycles. The van der Waals surface area contributed by atoms with Gasteiger partial charge in [0.1, 0.15) is 5.82 Å². The second-order valence-corrected chi connectivity index (χ2v) is 5.64. The molecule has 0 radical (unpaired) electrons. The molecule has 2 N–H and O–H groups in total. The minimum absolute atomic E-state index is 0.0875. The molecule has 1 heterocycles. The zero-order valence-electron chi connectivity index (χ0n) is 10.2. The highest BCUT2D eigenvalue weighted by Crippen LogP contribution is 2.22. The Morgan fingerprint density at radius 3 is 2.89 bits per heavy atom. The summed E-state index contributed by atoms with van der Waals surface area (Å²) < 4.78 is 13.8. The van der Waals surface area contributed by atoms with E-state index in [-0.39, 0.29) is 11.9 Å². The van der Waals surface area contributed by atoms with Crippen molar-refractivity contribution in [1.29, 1.82) is 0 Å². The Morgan fingerprint density at radius 2 is 2.33 bits per heavy atom.